The van der Waals surface area contributed by atoms with Crippen LogP contribution in [0.2, 0.25) is 0 Å². The maximum atomic E-state index is 10.3. The summed E-state index contributed by atoms with van der Waals surface area (Å²) in [5, 5.41) is 29.1. The summed E-state index contributed by atoms with van der Waals surface area (Å²) >= 11 is 0.683. The number of carboxylic acid groups (broad SMARTS) is 3. The molecule has 10 heteroatoms. The molecule has 0 aromatic heterocycles. The first-order valence-electron chi connectivity index (χ1n) is 3.65. The van der Waals surface area contributed by atoms with E-state index in [1.807, 2.05) is 0 Å². The fraction of sp³-hybridized carbons (Fsp3) is 0.571. The molecule has 0 aliphatic heterocycles. The van der Waals surface area contributed by atoms with E-state index in [2.05, 4.69) is 0 Å². The van der Waals surface area contributed by atoms with Crippen molar-refractivity contribution in [3.8, 4) is 0 Å². The van der Waals surface area contributed by atoms with Gasteiger partial charge >= 0.3 is 154 Å². The summed E-state index contributed by atoms with van der Waals surface area (Å²) in [4.78, 5) is 30.3. The summed E-state index contributed by atoms with van der Waals surface area (Å²) in [7, 11) is 0. The third kappa shape index (κ3) is 19.7. The van der Waals surface area contributed by atoms with E-state index in [0.717, 1.165) is 0 Å². The van der Waals surface area contributed by atoms with Crippen LogP contribution in [-0.4, -0.2) is 28.9 Å². The van der Waals surface area contributed by atoms with E-state index >= 15 is 0 Å². The van der Waals surface area contributed by atoms with E-state index in [9.17, 15) is 29.7 Å². The van der Waals surface area contributed by atoms with Gasteiger partial charge < -0.3 is 29.7 Å². The van der Waals surface area contributed by atoms with E-state index in [4.69, 9.17) is 0 Å². The van der Waals surface area contributed by atoms with Crippen LogP contribution < -0.4 is 169 Å². The summed E-state index contributed by atoms with van der Waals surface area (Å²) in [6, 6.07) is 0. The Morgan fingerprint density at radius 3 is 1.71 bits per heavy atom. The Balaban J connectivity index is -0.000000282. The molecule has 0 spiro atoms. The predicted octanol–water partition coefficient (Wildman–Crippen LogP) is -12.9. The zero-order valence-electron chi connectivity index (χ0n) is 10.1. The molecule has 0 fully saturated rings. The Morgan fingerprint density at radius 2 is 1.41 bits per heavy atom. The molecule has 0 rings (SSSR count). The summed E-state index contributed by atoms with van der Waals surface area (Å²) < 4.78 is 0. The molecule has 0 bridgehead atoms. The fourth-order valence-electron chi connectivity index (χ4n) is 0.646. The Labute approximate surface area is 231 Å². The quantitative estimate of drug-likeness (QED) is 0.423. The van der Waals surface area contributed by atoms with Crippen LogP contribution >= 0.6 is 11.8 Å². The van der Waals surface area contributed by atoms with Crippen LogP contribution in [0, 0.1) is 0 Å². The largest absolute Gasteiger partial charge is 1.00 e. The molecule has 0 saturated heterocycles. The van der Waals surface area contributed by atoms with Crippen LogP contribution in [0.25, 0.3) is 0 Å². The minimum absolute atomic E-state index is 0. The number of hydrogen-bond donors (Lipinski definition) is 0. The van der Waals surface area contributed by atoms with Gasteiger partial charge in [-0.05, 0) is 12.2 Å². The molecule has 0 heterocycles. The van der Waals surface area contributed by atoms with Gasteiger partial charge in [-0.1, -0.05) is 0 Å². The normalized spacial score (nSPS) is 9.88. The van der Waals surface area contributed by atoms with E-state index in [1.165, 1.54) is 0 Å². The molecular weight excluding hydrogens is 329 g/mol. The molecule has 80 valence electrons. The second-order valence-corrected chi connectivity index (χ2v) is 3.69. The van der Waals surface area contributed by atoms with Crippen LogP contribution in [-0.2, 0) is 14.4 Å². The van der Waals surface area contributed by atoms with Gasteiger partial charge in [-0.25, -0.2) is 0 Å². The number of carboxylic acids is 3. The third-order valence-corrected chi connectivity index (χ3v) is 2.44. The van der Waals surface area contributed by atoms with Crippen molar-refractivity contribution >= 4 is 29.7 Å². The first kappa shape index (κ1) is 28.8. The van der Waals surface area contributed by atoms with Crippen molar-refractivity contribution in [1.29, 1.82) is 0 Å². The van der Waals surface area contributed by atoms with Crippen LogP contribution in [0.3, 0.4) is 0 Å². The Morgan fingerprint density at radius 1 is 0.941 bits per heavy atom. The van der Waals surface area contributed by atoms with Gasteiger partial charge in [-0.3, -0.25) is 0 Å². The van der Waals surface area contributed by atoms with Gasteiger partial charge in [-0.2, -0.15) is 11.8 Å². The standard InChI is InChI=1S/C7H10O6S.3K/c8-5(9)1-2-14-4(7(12)13)3-6(10)11;;;/h4H,1-3H2,(H,8,9)(H,10,11)(H,12,13);;;/q;3*+1/p-3. The number of carbonyl (C=O) groups excluding carboxylic acids is 3. The van der Waals surface area contributed by atoms with Crippen molar-refractivity contribution in [2.45, 2.75) is 18.1 Å². The molecule has 0 aromatic rings. The van der Waals surface area contributed by atoms with Gasteiger partial charge in [0.05, 0.1) is 5.97 Å². The minimum atomic E-state index is -1.54. The molecule has 0 radical (unpaired) electrons. The Kier molecular flexibility index (Phi) is 30.0. The van der Waals surface area contributed by atoms with Crippen LogP contribution in [0.1, 0.15) is 12.8 Å². The number of aliphatic carboxylic acids is 3. The number of rotatable bonds is 7. The van der Waals surface area contributed by atoms with Crippen LogP contribution in [0.5, 0.6) is 0 Å². The molecule has 1 atom stereocenters. The van der Waals surface area contributed by atoms with Crippen molar-refractivity contribution in [3.05, 3.63) is 0 Å². The second kappa shape index (κ2) is 17.7. The molecule has 0 N–H and O–H groups in total. The third-order valence-electron chi connectivity index (χ3n) is 1.24. The number of hydrogen-bond acceptors (Lipinski definition) is 7. The molecule has 17 heavy (non-hydrogen) atoms. The average Bonchev–Trinajstić information content (AvgIpc) is 2.00. The molecule has 0 saturated carbocycles. The molecular formula is C7H7K3O6S. The van der Waals surface area contributed by atoms with E-state index in [0.29, 0.717) is 11.8 Å². The van der Waals surface area contributed by atoms with Gasteiger partial charge in [0, 0.05) is 23.6 Å². The van der Waals surface area contributed by atoms with Gasteiger partial charge in [0.25, 0.3) is 0 Å². The molecule has 0 amide bonds. The summed E-state index contributed by atoms with van der Waals surface area (Å²) in [5.74, 6) is -4.41. The van der Waals surface area contributed by atoms with Crippen molar-refractivity contribution in [1.82, 2.24) is 0 Å². The van der Waals surface area contributed by atoms with Crippen LogP contribution in [0.15, 0.2) is 0 Å². The van der Waals surface area contributed by atoms with Gasteiger partial charge in [0.1, 0.15) is 0 Å². The predicted molar refractivity (Wildman–Crippen MR) is 40.5 cm³/mol. The minimum Gasteiger partial charge on any atom is -0.550 e. The molecule has 6 nitrogen and oxygen atoms in total. The number of carbonyl (C=O) groups is 3. The van der Waals surface area contributed by atoms with Crippen molar-refractivity contribution in [2.75, 3.05) is 5.75 Å². The summed E-state index contributed by atoms with van der Waals surface area (Å²) in [6.07, 6.45) is -1.03. The van der Waals surface area contributed by atoms with Gasteiger partial charge in [0.15, 0.2) is 0 Å². The van der Waals surface area contributed by atoms with Gasteiger partial charge in [0.2, 0.25) is 0 Å². The molecule has 1 unspecified atom stereocenters. The smallest absolute Gasteiger partial charge is 0.550 e. The first-order chi connectivity index (χ1) is 6.43. The molecule has 0 aliphatic rings. The van der Waals surface area contributed by atoms with Gasteiger partial charge in [-0.15, -0.1) is 0 Å². The van der Waals surface area contributed by atoms with Crippen molar-refractivity contribution in [2.24, 2.45) is 0 Å². The van der Waals surface area contributed by atoms with E-state index in [-0.39, 0.29) is 166 Å². The SMILES string of the molecule is O=C([O-])CCSC(CC(=O)[O-])C(=O)[O-].[K+].[K+].[K+]. The number of thioether (sulfide) groups is 1. The maximum absolute atomic E-state index is 10.3. The van der Waals surface area contributed by atoms with E-state index in [1.54, 1.807) is 0 Å². The van der Waals surface area contributed by atoms with Crippen LogP contribution in [0.4, 0.5) is 0 Å². The monoisotopic (exact) mass is 336 g/mol. The average molecular weight is 336 g/mol. The molecule has 0 aliphatic carbocycles. The zero-order valence-corrected chi connectivity index (χ0v) is 20.2. The topological polar surface area (TPSA) is 120 Å². The first-order valence-corrected chi connectivity index (χ1v) is 4.70. The summed E-state index contributed by atoms with van der Waals surface area (Å²) in [6.45, 7) is 0. The Hall–Kier alpha value is 3.67. The van der Waals surface area contributed by atoms with Crippen molar-refractivity contribution < 1.29 is 184 Å². The van der Waals surface area contributed by atoms with Crippen molar-refractivity contribution in [3.63, 3.8) is 0 Å². The maximum Gasteiger partial charge on any atom is 1.00 e. The zero-order chi connectivity index (χ0) is 11.1. The second-order valence-electron chi connectivity index (χ2n) is 2.38. The fourth-order valence-corrected chi connectivity index (χ4v) is 1.61. The van der Waals surface area contributed by atoms with E-state index < -0.39 is 29.6 Å². The molecule has 0 aromatic carbocycles. The Bertz CT molecular complexity index is 250. The summed E-state index contributed by atoms with van der Waals surface area (Å²) in [5.41, 5.74) is 0.